The zero-order valence-corrected chi connectivity index (χ0v) is 11.2. The molecular weight excluding hydrogens is 270 g/mol. The van der Waals surface area contributed by atoms with Gasteiger partial charge in [0.15, 0.2) is 10.8 Å². The molecule has 0 aliphatic carbocycles. The Balaban J connectivity index is 2.08. The van der Waals surface area contributed by atoms with Crippen LogP contribution < -0.4 is 10.0 Å². The molecule has 104 valence electrons. The van der Waals surface area contributed by atoms with Crippen LogP contribution >= 0.6 is 0 Å². The zero-order valence-electron chi connectivity index (χ0n) is 10.4. The average molecular weight is 285 g/mol. The topological polar surface area (TPSA) is 113 Å². The van der Waals surface area contributed by atoms with E-state index in [0.29, 0.717) is 17.9 Å². The van der Waals surface area contributed by atoms with E-state index in [4.69, 9.17) is 4.52 Å². The number of nitrogens with one attached hydrogen (secondary N) is 3. The second-order valence-corrected chi connectivity index (χ2v) is 5.51. The van der Waals surface area contributed by atoms with E-state index >= 15 is 0 Å². The first-order valence-corrected chi connectivity index (χ1v) is 7.24. The van der Waals surface area contributed by atoms with Crippen molar-refractivity contribution in [2.75, 3.05) is 6.54 Å². The number of aromatic nitrogens is 3. The largest absolute Gasteiger partial charge is 0.360 e. The molecule has 2 heterocycles. The molecule has 0 saturated carbocycles. The normalized spacial score (nSPS) is 11.8. The molecule has 0 spiro atoms. The molecule has 0 radical (unpaired) electrons. The first kappa shape index (κ1) is 13.7. The minimum Gasteiger partial charge on any atom is -0.360 e. The number of aromatic amines is 1. The van der Waals surface area contributed by atoms with Crippen molar-refractivity contribution in [1.82, 2.24) is 25.4 Å². The van der Waals surface area contributed by atoms with Gasteiger partial charge >= 0.3 is 0 Å². The van der Waals surface area contributed by atoms with Gasteiger partial charge in [0.25, 0.3) is 10.0 Å². The molecule has 3 N–H and O–H groups in total. The Labute approximate surface area is 110 Å². The maximum absolute atomic E-state index is 12.1. The Morgan fingerprint density at radius 2 is 2.26 bits per heavy atom. The van der Waals surface area contributed by atoms with Crippen LogP contribution in [0.5, 0.6) is 0 Å². The van der Waals surface area contributed by atoms with Gasteiger partial charge in [-0.15, -0.1) is 0 Å². The Morgan fingerprint density at radius 1 is 1.42 bits per heavy atom. The van der Waals surface area contributed by atoms with Crippen molar-refractivity contribution >= 4 is 10.0 Å². The summed E-state index contributed by atoms with van der Waals surface area (Å²) in [5, 5.41) is 12.9. The second kappa shape index (κ2) is 5.95. The average Bonchev–Trinajstić information content (AvgIpc) is 3.05. The number of nitrogens with zero attached hydrogens (tertiary/aromatic N) is 2. The predicted octanol–water partition coefficient (Wildman–Crippen LogP) is -0.0143. The molecule has 2 aromatic heterocycles. The summed E-state index contributed by atoms with van der Waals surface area (Å²) in [7, 11) is -3.65. The van der Waals surface area contributed by atoms with Gasteiger partial charge in [-0.25, -0.2) is 13.1 Å². The lowest BCUT2D eigenvalue weighted by Crippen LogP contribution is -2.25. The van der Waals surface area contributed by atoms with Crippen LogP contribution in [0.1, 0.15) is 18.2 Å². The number of H-pyrrole nitrogens is 1. The van der Waals surface area contributed by atoms with Crippen molar-refractivity contribution in [1.29, 1.82) is 0 Å². The first-order chi connectivity index (χ1) is 9.13. The van der Waals surface area contributed by atoms with E-state index in [-0.39, 0.29) is 11.6 Å². The molecule has 8 nitrogen and oxygen atoms in total. The molecule has 2 aromatic rings. The van der Waals surface area contributed by atoms with E-state index in [1.165, 1.54) is 12.4 Å². The van der Waals surface area contributed by atoms with Crippen LogP contribution in [-0.2, 0) is 23.1 Å². The monoisotopic (exact) mass is 285 g/mol. The molecule has 2 rings (SSSR count). The number of hydrogen-bond donors (Lipinski definition) is 3. The van der Waals surface area contributed by atoms with Crippen molar-refractivity contribution in [2.24, 2.45) is 0 Å². The van der Waals surface area contributed by atoms with Crippen molar-refractivity contribution < 1.29 is 12.9 Å². The van der Waals surface area contributed by atoms with Crippen LogP contribution in [0.2, 0.25) is 0 Å². The van der Waals surface area contributed by atoms with Crippen molar-refractivity contribution in [3.63, 3.8) is 0 Å². The van der Waals surface area contributed by atoms with Gasteiger partial charge in [0.05, 0.1) is 18.9 Å². The van der Waals surface area contributed by atoms with Gasteiger partial charge in [0.2, 0.25) is 0 Å². The van der Waals surface area contributed by atoms with Gasteiger partial charge in [-0.2, -0.15) is 5.10 Å². The van der Waals surface area contributed by atoms with E-state index < -0.39 is 10.0 Å². The van der Waals surface area contributed by atoms with Crippen LogP contribution in [0, 0.1) is 0 Å². The Kier molecular flexibility index (Phi) is 4.30. The summed E-state index contributed by atoms with van der Waals surface area (Å²) in [5.74, 6) is 0.441. The summed E-state index contributed by atoms with van der Waals surface area (Å²) >= 11 is 0. The molecule has 0 aromatic carbocycles. The van der Waals surface area contributed by atoms with Crippen LogP contribution in [0.3, 0.4) is 0 Å². The zero-order chi connectivity index (χ0) is 13.7. The lowest BCUT2D eigenvalue weighted by atomic mass is 10.3. The maximum Gasteiger partial charge on any atom is 0.258 e. The standard InChI is InChI=1S/C10H15N5O3S/c1-2-11-5-8-6-12-15-10(8)19(16,17)14-7-9-3-4-13-18-9/h3-4,6,11,14H,2,5,7H2,1H3,(H,12,15). The summed E-state index contributed by atoms with van der Waals surface area (Å²) in [6.07, 6.45) is 2.95. The third-order valence-corrected chi connectivity index (χ3v) is 3.86. The fraction of sp³-hybridized carbons (Fsp3) is 0.400. The number of hydrogen-bond acceptors (Lipinski definition) is 6. The van der Waals surface area contributed by atoms with E-state index in [2.05, 4.69) is 25.4 Å². The van der Waals surface area contributed by atoms with Crippen LogP contribution in [-0.4, -0.2) is 30.3 Å². The number of sulfonamides is 1. The molecule has 0 amide bonds. The smallest absolute Gasteiger partial charge is 0.258 e. The van der Waals surface area contributed by atoms with Crippen LogP contribution in [0.4, 0.5) is 0 Å². The summed E-state index contributed by atoms with van der Waals surface area (Å²) in [4.78, 5) is 0. The molecular formula is C10H15N5O3S. The first-order valence-electron chi connectivity index (χ1n) is 5.75. The van der Waals surface area contributed by atoms with Gasteiger partial charge in [0, 0.05) is 18.2 Å². The van der Waals surface area contributed by atoms with E-state index in [1.54, 1.807) is 6.07 Å². The van der Waals surface area contributed by atoms with Crippen molar-refractivity contribution in [3.05, 3.63) is 29.8 Å². The lowest BCUT2D eigenvalue weighted by Gasteiger charge is -2.05. The van der Waals surface area contributed by atoms with Gasteiger partial charge < -0.3 is 9.84 Å². The predicted molar refractivity (Wildman–Crippen MR) is 66.5 cm³/mol. The molecule has 0 saturated heterocycles. The van der Waals surface area contributed by atoms with Gasteiger partial charge in [-0.05, 0) is 6.54 Å². The highest BCUT2D eigenvalue weighted by molar-refractivity contribution is 7.89. The molecule has 0 bridgehead atoms. The highest BCUT2D eigenvalue weighted by Crippen LogP contribution is 2.12. The van der Waals surface area contributed by atoms with Crippen molar-refractivity contribution in [2.45, 2.75) is 25.0 Å². The third-order valence-electron chi connectivity index (χ3n) is 2.44. The quantitative estimate of drug-likeness (QED) is 0.659. The minimum absolute atomic E-state index is 0.0437. The molecule has 0 atom stereocenters. The van der Waals surface area contributed by atoms with Crippen LogP contribution in [0.15, 0.2) is 28.0 Å². The Bertz CT molecular complexity index is 605. The molecule has 0 fully saturated rings. The highest BCUT2D eigenvalue weighted by Gasteiger charge is 2.20. The van der Waals surface area contributed by atoms with Gasteiger partial charge in [-0.3, -0.25) is 5.10 Å². The number of rotatable bonds is 7. The second-order valence-electron chi connectivity index (χ2n) is 3.81. The summed E-state index contributed by atoms with van der Waals surface area (Å²) < 4.78 is 31.4. The molecule has 0 unspecified atom stereocenters. The lowest BCUT2D eigenvalue weighted by molar-refractivity contribution is 0.380. The molecule has 0 aliphatic rings. The Hall–Kier alpha value is -1.71. The maximum atomic E-state index is 12.1. The fourth-order valence-electron chi connectivity index (χ4n) is 1.49. The fourth-order valence-corrected chi connectivity index (χ4v) is 2.61. The van der Waals surface area contributed by atoms with E-state index in [9.17, 15) is 8.42 Å². The summed E-state index contributed by atoms with van der Waals surface area (Å²) in [5.41, 5.74) is 0.590. The molecule has 0 aliphatic heterocycles. The molecule has 19 heavy (non-hydrogen) atoms. The van der Waals surface area contributed by atoms with E-state index in [0.717, 1.165) is 6.54 Å². The Morgan fingerprint density at radius 3 is 2.95 bits per heavy atom. The third kappa shape index (κ3) is 3.40. The summed E-state index contributed by atoms with van der Waals surface area (Å²) in [6.45, 7) is 3.17. The van der Waals surface area contributed by atoms with Gasteiger partial charge in [-0.1, -0.05) is 12.1 Å². The SMILES string of the molecule is CCNCc1cn[nH]c1S(=O)(=O)NCc1ccno1. The summed E-state index contributed by atoms with van der Waals surface area (Å²) in [6, 6.07) is 1.59. The van der Waals surface area contributed by atoms with Crippen molar-refractivity contribution in [3.8, 4) is 0 Å². The van der Waals surface area contributed by atoms with E-state index in [1.807, 2.05) is 6.92 Å². The van der Waals surface area contributed by atoms with Gasteiger partial charge in [0.1, 0.15) is 0 Å². The molecule has 9 heteroatoms. The minimum atomic E-state index is -3.65. The highest BCUT2D eigenvalue weighted by atomic mass is 32.2. The van der Waals surface area contributed by atoms with Crippen LogP contribution in [0.25, 0.3) is 0 Å².